The van der Waals surface area contributed by atoms with E-state index in [1.807, 2.05) is 58.0 Å². The summed E-state index contributed by atoms with van der Waals surface area (Å²) in [5.74, 6) is 0.121. The lowest BCUT2D eigenvalue weighted by atomic mass is 10.2. The summed E-state index contributed by atoms with van der Waals surface area (Å²) in [5, 5.41) is 0. The third-order valence-electron chi connectivity index (χ3n) is 1.72. The molecule has 0 heterocycles. The van der Waals surface area contributed by atoms with Crippen LogP contribution in [0.4, 0.5) is 0 Å². The summed E-state index contributed by atoms with van der Waals surface area (Å²) in [6.45, 7) is 9.73. The highest BCUT2D eigenvalue weighted by Gasteiger charge is 1.94. The van der Waals surface area contributed by atoms with Gasteiger partial charge in [-0.05, 0) is 34.6 Å². The predicted molar refractivity (Wildman–Crippen MR) is 67.8 cm³/mol. The monoisotopic (exact) mass is 222 g/mol. The number of rotatable bonds is 3. The van der Waals surface area contributed by atoms with Gasteiger partial charge >= 0.3 is 0 Å². The van der Waals surface area contributed by atoms with Crippen LogP contribution in [0.5, 0.6) is 0 Å². The van der Waals surface area contributed by atoms with Gasteiger partial charge in [0.05, 0.1) is 12.2 Å². The van der Waals surface area contributed by atoms with Crippen molar-refractivity contribution in [3.8, 4) is 0 Å². The van der Waals surface area contributed by atoms with E-state index in [9.17, 15) is 4.79 Å². The van der Waals surface area contributed by atoms with Crippen LogP contribution in [0.2, 0.25) is 0 Å². The third-order valence-corrected chi connectivity index (χ3v) is 1.72. The molecule has 0 amide bonds. The Hall–Kier alpha value is -1.15. The Morgan fingerprint density at radius 3 is 1.62 bits per heavy atom. The number of carbonyl (C=O) groups is 1. The molecule has 2 nitrogen and oxygen atoms in total. The summed E-state index contributed by atoms with van der Waals surface area (Å²) in [6, 6.07) is 9.23. The van der Waals surface area contributed by atoms with Gasteiger partial charge in [-0.1, -0.05) is 30.3 Å². The van der Waals surface area contributed by atoms with Gasteiger partial charge < -0.3 is 4.74 Å². The van der Waals surface area contributed by atoms with Crippen molar-refractivity contribution in [2.45, 2.75) is 46.8 Å². The molecule has 2 heteroatoms. The van der Waals surface area contributed by atoms with E-state index >= 15 is 0 Å². The van der Waals surface area contributed by atoms with Crippen molar-refractivity contribution in [1.29, 1.82) is 0 Å². The quantitative estimate of drug-likeness (QED) is 0.729. The summed E-state index contributed by atoms with van der Waals surface area (Å²) >= 11 is 0. The Balaban J connectivity index is 0.000000293. The largest absolute Gasteiger partial charge is 0.376 e. The topological polar surface area (TPSA) is 26.3 Å². The van der Waals surface area contributed by atoms with E-state index in [2.05, 4.69) is 0 Å². The van der Waals surface area contributed by atoms with Gasteiger partial charge in [-0.3, -0.25) is 4.79 Å². The minimum atomic E-state index is 0.121. The Labute approximate surface area is 98.6 Å². The normalized spacial score (nSPS) is 9.94. The second-order valence-corrected chi connectivity index (χ2v) is 4.16. The molecular formula is C14H22O2. The molecule has 1 aromatic rings. The van der Waals surface area contributed by atoms with E-state index in [1.54, 1.807) is 6.92 Å². The highest BCUT2D eigenvalue weighted by Crippen LogP contribution is 1.97. The average molecular weight is 222 g/mol. The second kappa shape index (κ2) is 8.05. The van der Waals surface area contributed by atoms with E-state index in [1.165, 1.54) is 0 Å². The Morgan fingerprint density at radius 2 is 1.44 bits per heavy atom. The van der Waals surface area contributed by atoms with Gasteiger partial charge in [0.25, 0.3) is 0 Å². The first-order valence-corrected chi connectivity index (χ1v) is 5.65. The molecule has 1 aromatic carbocycles. The van der Waals surface area contributed by atoms with E-state index in [0.717, 1.165) is 5.56 Å². The molecule has 0 saturated heterocycles. The molecule has 0 aliphatic heterocycles. The number of hydrogen-bond donors (Lipinski definition) is 0. The van der Waals surface area contributed by atoms with Crippen LogP contribution in [0.25, 0.3) is 0 Å². The molecule has 1 rings (SSSR count). The number of ether oxygens (including phenoxy) is 1. The first kappa shape index (κ1) is 14.8. The minimum absolute atomic E-state index is 0.121. The lowest BCUT2D eigenvalue weighted by molar-refractivity contribution is 0.0300. The highest BCUT2D eigenvalue weighted by atomic mass is 16.5. The molecular weight excluding hydrogens is 200 g/mol. The minimum Gasteiger partial charge on any atom is -0.376 e. The van der Waals surface area contributed by atoms with Crippen molar-refractivity contribution in [3.05, 3.63) is 35.9 Å². The molecule has 0 spiro atoms. The molecule has 0 aliphatic rings. The highest BCUT2D eigenvalue weighted by molar-refractivity contribution is 5.93. The zero-order chi connectivity index (χ0) is 12.6. The molecule has 0 aliphatic carbocycles. The fourth-order valence-corrected chi connectivity index (χ4v) is 1.22. The van der Waals surface area contributed by atoms with Gasteiger partial charge in [-0.15, -0.1) is 0 Å². The van der Waals surface area contributed by atoms with Gasteiger partial charge in [0.2, 0.25) is 0 Å². The van der Waals surface area contributed by atoms with E-state index in [-0.39, 0.29) is 5.78 Å². The lowest BCUT2D eigenvalue weighted by Gasteiger charge is -2.09. The Morgan fingerprint density at radius 1 is 1.00 bits per heavy atom. The fourth-order valence-electron chi connectivity index (χ4n) is 1.22. The van der Waals surface area contributed by atoms with Crippen molar-refractivity contribution in [2.24, 2.45) is 0 Å². The predicted octanol–water partition coefficient (Wildman–Crippen LogP) is 3.71. The number of carbonyl (C=O) groups excluding carboxylic acids is 1. The molecule has 0 fully saturated rings. The fraction of sp³-hybridized carbons (Fsp3) is 0.500. The van der Waals surface area contributed by atoms with Crippen molar-refractivity contribution < 1.29 is 9.53 Å². The van der Waals surface area contributed by atoms with Crippen LogP contribution in [-0.2, 0) is 4.74 Å². The van der Waals surface area contributed by atoms with Crippen molar-refractivity contribution in [2.75, 3.05) is 0 Å². The number of Topliss-reactive ketones (excluding diaryl/α,β-unsaturated/α-hetero) is 1. The molecule has 0 saturated carbocycles. The molecule has 0 N–H and O–H groups in total. The lowest BCUT2D eigenvalue weighted by Crippen LogP contribution is -2.09. The van der Waals surface area contributed by atoms with Gasteiger partial charge in [0.1, 0.15) is 0 Å². The zero-order valence-electron chi connectivity index (χ0n) is 10.9. The van der Waals surface area contributed by atoms with E-state index in [0.29, 0.717) is 12.2 Å². The van der Waals surface area contributed by atoms with Crippen molar-refractivity contribution >= 4 is 5.78 Å². The molecule has 0 atom stereocenters. The molecule has 0 unspecified atom stereocenters. The zero-order valence-corrected chi connectivity index (χ0v) is 10.9. The maximum absolute atomic E-state index is 10.6. The van der Waals surface area contributed by atoms with E-state index in [4.69, 9.17) is 4.74 Å². The van der Waals surface area contributed by atoms with Crippen molar-refractivity contribution in [3.63, 3.8) is 0 Å². The van der Waals surface area contributed by atoms with Crippen LogP contribution < -0.4 is 0 Å². The molecule has 0 aromatic heterocycles. The smallest absolute Gasteiger partial charge is 0.159 e. The third kappa shape index (κ3) is 8.18. The number of hydrogen-bond acceptors (Lipinski definition) is 2. The van der Waals surface area contributed by atoms with Crippen LogP contribution in [0.15, 0.2) is 30.3 Å². The summed E-state index contributed by atoms with van der Waals surface area (Å²) in [6.07, 6.45) is 0.750. The van der Waals surface area contributed by atoms with Gasteiger partial charge in [-0.25, -0.2) is 0 Å². The second-order valence-electron chi connectivity index (χ2n) is 4.16. The standard InChI is InChI=1S/C8H8O.C6H14O/c1-7(9)8-5-3-2-4-6-8;1-5(2)7-6(3)4/h2-6H,1H3;5-6H,1-4H3. The maximum Gasteiger partial charge on any atom is 0.159 e. The SMILES string of the molecule is CC(=O)c1ccccc1.CC(C)OC(C)C. The van der Waals surface area contributed by atoms with Crippen molar-refractivity contribution in [1.82, 2.24) is 0 Å². The van der Waals surface area contributed by atoms with E-state index < -0.39 is 0 Å². The van der Waals surface area contributed by atoms with Crippen LogP contribution in [0.3, 0.4) is 0 Å². The molecule has 90 valence electrons. The average Bonchev–Trinajstić information content (AvgIpc) is 2.17. The van der Waals surface area contributed by atoms with Gasteiger partial charge in [-0.2, -0.15) is 0 Å². The first-order chi connectivity index (χ1) is 7.43. The van der Waals surface area contributed by atoms with Crippen LogP contribution >= 0.6 is 0 Å². The summed E-state index contributed by atoms with van der Waals surface area (Å²) in [5.41, 5.74) is 0.775. The van der Waals surface area contributed by atoms with Crippen LogP contribution in [-0.4, -0.2) is 18.0 Å². The maximum atomic E-state index is 10.6. The summed E-state index contributed by atoms with van der Waals surface area (Å²) < 4.78 is 5.25. The van der Waals surface area contributed by atoms with Crippen LogP contribution in [0.1, 0.15) is 45.0 Å². The Bertz CT molecular complexity index is 283. The number of ketones is 1. The molecule has 0 radical (unpaired) electrons. The summed E-state index contributed by atoms with van der Waals surface area (Å²) in [7, 11) is 0. The molecule has 0 bridgehead atoms. The van der Waals surface area contributed by atoms with Gasteiger partial charge in [0.15, 0.2) is 5.78 Å². The molecule has 16 heavy (non-hydrogen) atoms. The Kier molecular flexibility index (Phi) is 7.48. The van der Waals surface area contributed by atoms with Gasteiger partial charge in [0, 0.05) is 5.56 Å². The number of benzene rings is 1. The summed E-state index contributed by atoms with van der Waals surface area (Å²) in [4.78, 5) is 10.6. The first-order valence-electron chi connectivity index (χ1n) is 5.65. The van der Waals surface area contributed by atoms with Crippen LogP contribution in [0, 0.1) is 0 Å².